The highest BCUT2D eigenvalue weighted by molar-refractivity contribution is 6.35. The second-order valence-corrected chi connectivity index (χ2v) is 12.2. The highest BCUT2D eigenvalue weighted by atomic mass is 35.5. The summed E-state index contributed by atoms with van der Waals surface area (Å²) in [6.45, 7) is 5.39. The summed E-state index contributed by atoms with van der Waals surface area (Å²) < 4.78 is 6.19. The van der Waals surface area contributed by atoms with Crippen LogP contribution in [-0.2, 0) is 11.3 Å². The van der Waals surface area contributed by atoms with Crippen molar-refractivity contribution in [2.45, 2.75) is 44.7 Å². The average molecular weight is 670 g/mol. The lowest BCUT2D eigenvalue weighted by atomic mass is 9.93. The molecule has 0 saturated carbocycles. The highest BCUT2D eigenvalue weighted by Gasteiger charge is 2.33. The van der Waals surface area contributed by atoms with Crippen molar-refractivity contribution in [2.75, 3.05) is 37.6 Å². The molecule has 2 aromatic heterocycles. The molecule has 0 radical (unpaired) electrons. The lowest BCUT2D eigenvalue weighted by Gasteiger charge is -2.34. The number of ether oxygens (including phenoxy) is 1. The SMILES string of the molecule is Cl.Cl.O=C(O)CC1CCN(Cc2cc(Oc3cnc(N4CC[C@@H]5NCC[C@H]5C4)nc3)nc(-c3cc(Cl)cc(Cl)c3)c2)CC1. The van der Waals surface area contributed by atoms with E-state index in [9.17, 15) is 4.79 Å². The van der Waals surface area contributed by atoms with Crippen LogP contribution in [0.25, 0.3) is 11.3 Å². The van der Waals surface area contributed by atoms with E-state index in [1.165, 1.54) is 6.42 Å². The van der Waals surface area contributed by atoms with Gasteiger partial charge in [-0.15, -0.1) is 24.8 Å². The van der Waals surface area contributed by atoms with E-state index in [2.05, 4.69) is 25.1 Å². The van der Waals surface area contributed by atoms with Crippen LogP contribution >= 0.6 is 48.0 Å². The van der Waals surface area contributed by atoms with Gasteiger partial charge in [0, 0.05) is 53.8 Å². The Morgan fingerprint density at radius 2 is 1.70 bits per heavy atom. The molecular weight excluding hydrogens is 634 g/mol. The fourth-order valence-corrected chi connectivity index (χ4v) is 6.81. The van der Waals surface area contributed by atoms with Crippen LogP contribution < -0.4 is 15.0 Å². The number of aromatic nitrogens is 3. The third-order valence-electron chi connectivity index (χ3n) is 8.37. The predicted molar refractivity (Wildman–Crippen MR) is 173 cm³/mol. The molecule has 0 aliphatic carbocycles. The second kappa shape index (κ2) is 15.1. The number of nitrogens with zero attached hydrogens (tertiary/aromatic N) is 5. The van der Waals surface area contributed by atoms with Gasteiger partial charge in [-0.1, -0.05) is 23.2 Å². The minimum absolute atomic E-state index is 0. The lowest BCUT2D eigenvalue weighted by Crippen LogP contribution is -2.45. The molecule has 232 valence electrons. The van der Waals surface area contributed by atoms with Crippen molar-refractivity contribution in [3.8, 4) is 22.9 Å². The van der Waals surface area contributed by atoms with E-state index in [1.807, 2.05) is 24.3 Å². The highest BCUT2D eigenvalue weighted by Crippen LogP contribution is 2.32. The van der Waals surface area contributed by atoms with Crippen LogP contribution in [0.15, 0.2) is 42.7 Å². The van der Waals surface area contributed by atoms with Gasteiger partial charge in [-0.3, -0.25) is 9.69 Å². The Hall–Kier alpha value is -2.40. The standard InChI is InChI=1S/C30H34Cl2N6O3.2ClH/c31-23-12-22(13-24(32)14-23)27-9-20(17-37-6-2-19(3-7-37)11-29(39)40)10-28(36-27)41-25-15-34-30(35-16-25)38-8-4-26-21(18-38)1-5-33-26;;/h9-10,12-16,19,21,26,33H,1-8,11,17-18H2,(H,39,40);2*1H/t21-,26-;;/m0../s1. The van der Waals surface area contributed by atoms with Crippen LogP contribution in [0.1, 0.15) is 37.7 Å². The van der Waals surface area contributed by atoms with Gasteiger partial charge in [0.2, 0.25) is 11.8 Å². The summed E-state index contributed by atoms with van der Waals surface area (Å²) in [7, 11) is 0. The van der Waals surface area contributed by atoms with E-state index in [-0.39, 0.29) is 37.2 Å². The van der Waals surface area contributed by atoms with E-state index < -0.39 is 5.97 Å². The monoisotopic (exact) mass is 668 g/mol. The topological polar surface area (TPSA) is 104 Å². The largest absolute Gasteiger partial charge is 0.481 e. The fourth-order valence-electron chi connectivity index (χ4n) is 6.28. The van der Waals surface area contributed by atoms with Gasteiger partial charge in [-0.25, -0.2) is 15.0 Å². The Labute approximate surface area is 274 Å². The number of hydrogen-bond donors (Lipinski definition) is 2. The van der Waals surface area contributed by atoms with Crippen LogP contribution in [0.3, 0.4) is 0 Å². The zero-order valence-electron chi connectivity index (χ0n) is 23.6. The number of aliphatic carboxylic acids is 1. The van der Waals surface area contributed by atoms with Crippen molar-refractivity contribution in [2.24, 2.45) is 11.8 Å². The summed E-state index contributed by atoms with van der Waals surface area (Å²) in [6.07, 6.45) is 7.70. The number of hydrogen-bond acceptors (Lipinski definition) is 8. The van der Waals surface area contributed by atoms with Gasteiger partial charge >= 0.3 is 5.97 Å². The van der Waals surface area contributed by atoms with E-state index in [4.69, 9.17) is 38.0 Å². The van der Waals surface area contributed by atoms with Gasteiger partial charge in [0.1, 0.15) is 0 Å². The van der Waals surface area contributed by atoms with Gasteiger partial charge in [-0.2, -0.15) is 0 Å². The number of nitrogens with one attached hydrogen (secondary N) is 1. The summed E-state index contributed by atoms with van der Waals surface area (Å²) in [5.41, 5.74) is 2.53. The molecule has 3 aliphatic rings. The van der Waals surface area contributed by atoms with Crippen molar-refractivity contribution in [3.63, 3.8) is 0 Å². The summed E-state index contributed by atoms with van der Waals surface area (Å²) in [5, 5.41) is 13.8. The van der Waals surface area contributed by atoms with Crippen LogP contribution in [0, 0.1) is 11.8 Å². The summed E-state index contributed by atoms with van der Waals surface area (Å²) in [6, 6.07) is 9.94. The molecule has 2 atom stereocenters. The number of anilines is 1. The van der Waals surface area contributed by atoms with Crippen molar-refractivity contribution in [1.29, 1.82) is 0 Å². The number of likely N-dealkylation sites (tertiary alicyclic amines) is 1. The maximum atomic E-state index is 11.1. The van der Waals surface area contributed by atoms with Gasteiger partial charge < -0.3 is 20.1 Å². The Kier molecular flexibility index (Phi) is 11.7. The maximum absolute atomic E-state index is 11.1. The summed E-state index contributed by atoms with van der Waals surface area (Å²) in [4.78, 5) is 29.7. The van der Waals surface area contributed by atoms with E-state index in [1.54, 1.807) is 18.5 Å². The Balaban J connectivity index is 0.00000212. The minimum Gasteiger partial charge on any atom is -0.481 e. The van der Waals surface area contributed by atoms with Crippen LogP contribution in [0.4, 0.5) is 5.95 Å². The van der Waals surface area contributed by atoms with Gasteiger partial charge in [0.05, 0.1) is 18.1 Å². The van der Waals surface area contributed by atoms with Crippen molar-refractivity contribution in [3.05, 3.63) is 58.3 Å². The number of fused-ring (bicyclic) bond motifs is 1. The first-order valence-electron chi connectivity index (χ1n) is 14.3. The fraction of sp³-hybridized carbons (Fsp3) is 0.467. The summed E-state index contributed by atoms with van der Waals surface area (Å²) in [5.74, 6) is 1.83. The smallest absolute Gasteiger partial charge is 0.303 e. The predicted octanol–water partition coefficient (Wildman–Crippen LogP) is 6.36. The maximum Gasteiger partial charge on any atom is 0.303 e. The van der Waals surface area contributed by atoms with E-state index in [0.717, 1.165) is 69.1 Å². The first-order valence-corrected chi connectivity index (χ1v) is 15.0. The van der Waals surface area contributed by atoms with E-state index >= 15 is 0 Å². The first-order chi connectivity index (χ1) is 19.9. The molecule has 3 aliphatic heterocycles. The van der Waals surface area contributed by atoms with Crippen LogP contribution in [-0.4, -0.2) is 69.7 Å². The molecule has 1 aromatic carbocycles. The molecule has 2 N–H and O–H groups in total. The summed E-state index contributed by atoms with van der Waals surface area (Å²) >= 11 is 12.6. The molecule has 3 saturated heterocycles. The Bertz CT molecular complexity index is 1370. The second-order valence-electron chi connectivity index (χ2n) is 11.3. The van der Waals surface area contributed by atoms with Crippen LogP contribution in [0.2, 0.25) is 10.0 Å². The third-order valence-corrected chi connectivity index (χ3v) is 8.81. The molecule has 3 fully saturated rings. The van der Waals surface area contributed by atoms with Crippen molar-refractivity contribution < 1.29 is 14.6 Å². The number of piperidine rings is 2. The molecular formula is C30H36Cl4N6O3. The van der Waals surface area contributed by atoms with Gasteiger partial charge in [0.25, 0.3) is 0 Å². The van der Waals surface area contributed by atoms with Gasteiger partial charge in [-0.05, 0) is 87.0 Å². The molecule has 0 unspecified atom stereocenters. The van der Waals surface area contributed by atoms with Crippen molar-refractivity contribution >= 4 is 59.9 Å². The number of pyridine rings is 1. The molecule has 13 heteroatoms. The molecule has 0 amide bonds. The molecule has 6 rings (SSSR count). The average Bonchev–Trinajstić information content (AvgIpc) is 3.42. The third kappa shape index (κ3) is 8.62. The zero-order valence-corrected chi connectivity index (χ0v) is 26.8. The number of benzene rings is 1. The molecule has 5 heterocycles. The normalized spacial score (nSPS) is 20.6. The Morgan fingerprint density at radius 3 is 2.40 bits per heavy atom. The quantitative estimate of drug-likeness (QED) is 0.284. The molecule has 43 heavy (non-hydrogen) atoms. The molecule has 3 aromatic rings. The lowest BCUT2D eigenvalue weighted by molar-refractivity contribution is -0.138. The van der Waals surface area contributed by atoms with E-state index in [0.29, 0.717) is 45.9 Å². The number of rotatable bonds is 8. The number of carboxylic acids is 1. The van der Waals surface area contributed by atoms with Crippen LogP contribution in [0.5, 0.6) is 11.6 Å². The molecule has 9 nitrogen and oxygen atoms in total. The minimum atomic E-state index is -0.725. The van der Waals surface area contributed by atoms with Crippen molar-refractivity contribution in [1.82, 2.24) is 25.2 Å². The number of halogens is 4. The zero-order chi connectivity index (χ0) is 28.3. The Morgan fingerprint density at radius 1 is 0.977 bits per heavy atom. The number of carboxylic acid groups (broad SMARTS) is 1. The molecule has 0 spiro atoms. The van der Waals surface area contributed by atoms with Gasteiger partial charge in [0.15, 0.2) is 5.75 Å². The molecule has 0 bridgehead atoms. The number of carbonyl (C=O) groups is 1. The first kappa shape index (κ1) is 33.5.